The van der Waals surface area contributed by atoms with E-state index in [4.69, 9.17) is 15.0 Å². The second-order valence-corrected chi connectivity index (χ2v) is 7.39. The molecule has 6 nitrogen and oxygen atoms in total. The van der Waals surface area contributed by atoms with Gasteiger partial charge in [-0.3, -0.25) is 4.90 Å². The number of benzene rings is 2. The molecule has 1 aromatic heterocycles. The minimum Gasteiger partial charge on any atom is -0.475 e. The number of nitrogens with zero attached hydrogens (tertiary/aromatic N) is 3. The molecule has 0 amide bonds. The van der Waals surface area contributed by atoms with Gasteiger partial charge in [0.1, 0.15) is 0 Å². The number of aliphatic carboxylic acids is 1. The number of aliphatic hydroxyl groups is 1. The highest BCUT2D eigenvalue weighted by molar-refractivity contribution is 5.73. The molecule has 0 bridgehead atoms. The Balaban J connectivity index is 0.000000360. The van der Waals surface area contributed by atoms with Crippen molar-refractivity contribution in [2.24, 2.45) is 0 Å². The van der Waals surface area contributed by atoms with Crippen LogP contribution in [-0.4, -0.2) is 56.2 Å². The average molecular weight is 447 g/mol. The molecular weight excluding hydrogens is 423 g/mol. The van der Waals surface area contributed by atoms with Crippen molar-refractivity contribution in [3.63, 3.8) is 0 Å². The zero-order valence-electron chi connectivity index (χ0n) is 17.2. The number of carboxylic acid groups (broad SMARTS) is 1. The molecule has 2 heterocycles. The van der Waals surface area contributed by atoms with Crippen molar-refractivity contribution in [1.82, 2.24) is 14.7 Å². The molecule has 0 radical (unpaired) electrons. The summed E-state index contributed by atoms with van der Waals surface area (Å²) in [6.45, 7) is 2.07. The van der Waals surface area contributed by atoms with E-state index < -0.39 is 12.1 Å². The Morgan fingerprint density at radius 2 is 1.66 bits per heavy atom. The van der Waals surface area contributed by atoms with Crippen LogP contribution in [0.15, 0.2) is 66.7 Å². The van der Waals surface area contributed by atoms with Crippen molar-refractivity contribution in [1.29, 1.82) is 0 Å². The summed E-state index contributed by atoms with van der Waals surface area (Å²) in [6.07, 6.45) is -2.86. The van der Waals surface area contributed by atoms with Gasteiger partial charge in [-0.1, -0.05) is 48.5 Å². The summed E-state index contributed by atoms with van der Waals surface area (Å²) in [5.41, 5.74) is 4.34. The number of aromatic nitrogens is 2. The Labute approximate surface area is 183 Å². The number of rotatable bonds is 5. The summed E-state index contributed by atoms with van der Waals surface area (Å²) in [4.78, 5) is 11.3. The van der Waals surface area contributed by atoms with Crippen molar-refractivity contribution in [3.8, 4) is 16.9 Å². The predicted octanol–water partition coefficient (Wildman–Crippen LogP) is 4.13. The van der Waals surface area contributed by atoms with Gasteiger partial charge in [0.2, 0.25) is 0 Å². The van der Waals surface area contributed by atoms with Gasteiger partial charge in [0.05, 0.1) is 23.7 Å². The molecule has 0 aliphatic carbocycles. The van der Waals surface area contributed by atoms with E-state index in [-0.39, 0.29) is 12.6 Å². The van der Waals surface area contributed by atoms with Crippen LogP contribution in [0.1, 0.15) is 18.5 Å². The number of hydrogen-bond donors (Lipinski definition) is 2. The third kappa shape index (κ3) is 5.95. The number of carboxylic acids is 1. The maximum Gasteiger partial charge on any atom is 0.490 e. The Hall–Kier alpha value is -3.17. The highest BCUT2D eigenvalue weighted by Gasteiger charge is 2.38. The average Bonchev–Trinajstić information content (AvgIpc) is 3.42. The number of likely N-dealkylation sites (tertiary alicyclic amines) is 1. The van der Waals surface area contributed by atoms with Gasteiger partial charge in [-0.25, -0.2) is 9.48 Å². The lowest BCUT2D eigenvalue weighted by Gasteiger charge is -2.22. The molecule has 3 aromatic rings. The Bertz CT molecular complexity index is 1010. The van der Waals surface area contributed by atoms with Crippen molar-refractivity contribution < 1.29 is 28.2 Å². The quantitative estimate of drug-likeness (QED) is 0.615. The first kappa shape index (κ1) is 23.5. The summed E-state index contributed by atoms with van der Waals surface area (Å²) in [5, 5.41) is 21.6. The number of alkyl halides is 3. The second-order valence-electron chi connectivity index (χ2n) is 7.39. The standard InChI is InChI=1S/C21H23N3O.C2HF3O2/c25-16-19-12-7-13-23(19)15-20-14-21(17-8-3-1-4-9-17)22-24(20)18-10-5-2-6-11-18;3-2(4,5)1(6)7/h1-6,8-11,14,19,25H,7,12-13,15-16H2;(H,6,7)/t19-;/m0./s1. The molecule has 170 valence electrons. The fraction of sp³-hybridized carbons (Fsp3) is 0.304. The van der Waals surface area contributed by atoms with E-state index in [1.807, 2.05) is 41.1 Å². The van der Waals surface area contributed by atoms with Crippen LogP contribution >= 0.6 is 0 Å². The highest BCUT2D eigenvalue weighted by atomic mass is 19.4. The zero-order chi connectivity index (χ0) is 23.1. The monoisotopic (exact) mass is 447 g/mol. The SMILES string of the molecule is O=C(O)C(F)(F)F.OC[C@@H]1CCCN1Cc1cc(-c2ccccc2)nn1-c1ccccc1. The van der Waals surface area contributed by atoms with Crippen LogP contribution in [0.25, 0.3) is 16.9 Å². The zero-order valence-corrected chi connectivity index (χ0v) is 17.2. The first-order chi connectivity index (χ1) is 15.3. The summed E-state index contributed by atoms with van der Waals surface area (Å²) in [6, 6.07) is 23.0. The number of halogens is 3. The van der Waals surface area contributed by atoms with Crippen molar-refractivity contribution in [2.75, 3.05) is 13.2 Å². The molecule has 1 aliphatic heterocycles. The summed E-state index contributed by atoms with van der Waals surface area (Å²) >= 11 is 0. The van der Waals surface area contributed by atoms with Crippen molar-refractivity contribution in [3.05, 3.63) is 72.4 Å². The Morgan fingerprint density at radius 1 is 1.06 bits per heavy atom. The first-order valence-electron chi connectivity index (χ1n) is 10.1. The van der Waals surface area contributed by atoms with Crippen LogP contribution in [0.2, 0.25) is 0 Å². The van der Waals surface area contributed by atoms with Gasteiger partial charge in [0.15, 0.2) is 0 Å². The van der Waals surface area contributed by atoms with Gasteiger partial charge < -0.3 is 10.2 Å². The van der Waals surface area contributed by atoms with Crippen LogP contribution in [0.5, 0.6) is 0 Å². The first-order valence-corrected chi connectivity index (χ1v) is 10.1. The van der Waals surface area contributed by atoms with Gasteiger partial charge in [0.25, 0.3) is 0 Å². The Kier molecular flexibility index (Phi) is 7.66. The van der Waals surface area contributed by atoms with Gasteiger partial charge in [-0.15, -0.1) is 0 Å². The van der Waals surface area contributed by atoms with Crippen molar-refractivity contribution in [2.45, 2.75) is 31.6 Å². The molecule has 2 aromatic carbocycles. The van der Waals surface area contributed by atoms with Gasteiger partial charge >= 0.3 is 12.1 Å². The normalized spacial score (nSPS) is 16.4. The molecule has 0 spiro atoms. The third-order valence-corrected chi connectivity index (χ3v) is 5.17. The van der Waals surface area contributed by atoms with E-state index in [0.29, 0.717) is 0 Å². The lowest BCUT2D eigenvalue weighted by Crippen LogP contribution is -2.32. The molecule has 9 heteroatoms. The minimum absolute atomic E-state index is 0.227. The number of hydrogen-bond acceptors (Lipinski definition) is 4. The van der Waals surface area contributed by atoms with E-state index in [1.54, 1.807) is 0 Å². The molecule has 1 saturated heterocycles. The van der Waals surface area contributed by atoms with E-state index >= 15 is 0 Å². The summed E-state index contributed by atoms with van der Waals surface area (Å²) < 4.78 is 33.8. The largest absolute Gasteiger partial charge is 0.490 e. The smallest absolute Gasteiger partial charge is 0.475 e. The van der Waals surface area contributed by atoms with E-state index in [0.717, 1.165) is 48.6 Å². The van der Waals surface area contributed by atoms with Crippen LogP contribution < -0.4 is 0 Å². The molecule has 4 rings (SSSR count). The lowest BCUT2D eigenvalue weighted by atomic mass is 10.1. The van der Waals surface area contributed by atoms with Crippen LogP contribution in [0.4, 0.5) is 13.2 Å². The molecule has 1 atom stereocenters. The maximum atomic E-state index is 10.6. The van der Waals surface area contributed by atoms with Gasteiger partial charge in [0, 0.05) is 18.2 Å². The molecular formula is C23H24F3N3O3. The summed E-state index contributed by atoms with van der Waals surface area (Å²) in [7, 11) is 0. The van der Waals surface area contributed by atoms with E-state index in [9.17, 15) is 18.3 Å². The minimum atomic E-state index is -5.08. The number of para-hydroxylation sites is 1. The van der Waals surface area contributed by atoms with Gasteiger partial charge in [-0.2, -0.15) is 18.3 Å². The van der Waals surface area contributed by atoms with E-state index in [1.165, 1.54) is 0 Å². The molecule has 1 fully saturated rings. The lowest BCUT2D eigenvalue weighted by molar-refractivity contribution is -0.192. The molecule has 32 heavy (non-hydrogen) atoms. The molecule has 1 aliphatic rings. The second kappa shape index (κ2) is 10.4. The van der Waals surface area contributed by atoms with Crippen molar-refractivity contribution >= 4 is 5.97 Å². The van der Waals surface area contributed by atoms with Crippen LogP contribution in [0, 0.1) is 0 Å². The molecule has 0 unspecified atom stereocenters. The molecule has 0 saturated carbocycles. The van der Waals surface area contributed by atoms with Crippen LogP contribution in [0.3, 0.4) is 0 Å². The van der Waals surface area contributed by atoms with Gasteiger partial charge in [-0.05, 0) is 37.6 Å². The predicted molar refractivity (Wildman–Crippen MR) is 113 cm³/mol. The topological polar surface area (TPSA) is 78.6 Å². The number of carbonyl (C=O) groups is 1. The number of aliphatic hydroxyl groups excluding tert-OH is 1. The third-order valence-electron chi connectivity index (χ3n) is 5.17. The molecule has 2 N–H and O–H groups in total. The fourth-order valence-corrected chi connectivity index (χ4v) is 3.59. The summed E-state index contributed by atoms with van der Waals surface area (Å²) in [5.74, 6) is -2.76. The van der Waals surface area contributed by atoms with Crippen LogP contribution in [-0.2, 0) is 11.3 Å². The Morgan fingerprint density at radius 3 is 2.22 bits per heavy atom. The highest BCUT2D eigenvalue weighted by Crippen LogP contribution is 2.25. The van der Waals surface area contributed by atoms with E-state index in [2.05, 4.69) is 35.2 Å². The maximum absolute atomic E-state index is 10.6. The fourth-order valence-electron chi connectivity index (χ4n) is 3.59.